The number of hydrogen-bond acceptors (Lipinski definition) is 7. The Morgan fingerprint density at radius 3 is 2.18 bits per heavy atom. The maximum Gasteiger partial charge on any atom is 0.312 e. The largest absolute Gasteiger partial charge is 0.461 e. The van der Waals surface area contributed by atoms with Gasteiger partial charge in [0.05, 0.1) is 0 Å². The van der Waals surface area contributed by atoms with Crippen LogP contribution in [0.5, 0.6) is 0 Å². The fourth-order valence-electron chi connectivity index (χ4n) is 3.51. The van der Waals surface area contributed by atoms with E-state index in [1.807, 2.05) is 20.9 Å². The molecule has 38 heavy (non-hydrogen) atoms. The van der Waals surface area contributed by atoms with Crippen molar-refractivity contribution in [2.24, 2.45) is 11.7 Å². The molecule has 2 atom stereocenters. The molecule has 0 aromatic heterocycles. The number of unbranched alkanes of at least 4 members (excludes halogenated alkanes) is 1. The van der Waals surface area contributed by atoms with Crippen molar-refractivity contribution in [1.29, 1.82) is 0 Å². The SMILES string of the molecule is CNCCCCC(=O)N[C@H](C(=O)N[C@@H](CCCNC(N)=O)C(=O)Nc1ccc(COC(C)=O)cc1)C(C)C. The van der Waals surface area contributed by atoms with Gasteiger partial charge in [0.25, 0.3) is 0 Å². The van der Waals surface area contributed by atoms with E-state index in [-0.39, 0.29) is 31.4 Å². The highest BCUT2D eigenvalue weighted by Crippen LogP contribution is 2.13. The van der Waals surface area contributed by atoms with Gasteiger partial charge in [0.1, 0.15) is 18.7 Å². The third-order valence-corrected chi connectivity index (χ3v) is 5.61. The van der Waals surface area contributed by atoms with Crippen LogP contribution in [0.2, 0.25) is 0 Å². The molecule has 0 saturated carbocycles. The lowest BCUT2D eigenvalue weighted by Gasteiger charge is -2.25. The lowest BCUT2D eigenvalue weighted by Crippen LogP contribution is -2.54. The molecule has 212 valence electrons. The molecule has 1 aromatic carbocycles. The Labute approximate surface area is 224 Å². The first-order valence-corrected chi connectivity index (χ1v) is 12.8. The first-order chi connectivity index (χ1) is 18.0. The van der Waals surface area contributed by atoms with Gasteiger partial charge in [0.15, 0.2) is 0 Å². The van der Waals surface area contributed by atoms with Crippen molar-refractivity contribution in [3.63, 3.8) is 0 Å². The fraction of sp³-hybridized carbons (Fsp3) is 0.577. The molecule has 0 radical (unpaired) electrons. The van der Waals surface area contributed by atoms with E-state index in [4.69, 9.17) is 10.5 Å². The summed E-state index contributed by atoms with van der Waals surface area (Å²) in [6.45, 7) is 6.10. The van der Waals surface area contributed by atoms with Gasteiger partial charge < -0.3 is 37.1 Å². The van der Waals surface area contributed by atoms with Gasteiger partial charge in [-0.15, -0.1) is 0 Å². The molecule has 0 fully saturated rings. The van der Waals surface area contributed by atoms with Gasteiger partial charge in [-0.05, 0) is 62.9 Å². The van der Waals surface area contributed by atoms with E-state index in [2.05, 4.69) is 26.6 Å². The van der Waals surface area contributed by atoms with Gasteiger partial charge in [-0.2, -0.15) is 0 Å². The summed E-state index contributed by atoms with van der Waals surface area (Å²) in [5.41, 5.74) is 6.35. The van der Waals surface area contributed by atoms with E-state index in [1.54, 1.807) is 24.3 Å². The normalized spacial score (nSPS) is 12.2. The average Bonchev–Trinajstić information content (AvgIpc) is 2.86. The molecule has 0 spiro atoms. The number of urea groups is 1. The summed E-state index contributed by atoms with van der Waals surface area (Å²) in [7, 11) is 1.84. The molecule has 0 aliphatic heterocycles. The van der Waals surface area contributed by atoms with Crippen LogP contribution in [0.15, 0.2) is 24.3 Å². The van der Waals surface area contributed by atoms with Crippen molar-refractivity contribution >= 4 is 35.4 Å². The van der Waals surface area contributed by atoms with Crippen molar-refractivity contribution in [3.05, 3.63) is 29.8 Å². The molecule has 0 unspecified atom stereocenters. The second-order valence-corrected chi connectivity index (χ2v) is 9.31. The molecule has 1 aromatic rings. The standard InChI is InChI=1S/C26H42N6O6/c1-17(2)23(32-22(34)9-5-6-14-28-4)25(36)31-21(8-7-15-29-26(27)37)24(35)30-20-12-10-19(11-13-20)16-38-18(3)33/h10-13,17,21,23,28H,5-9,14-16H2,1-4H3,(H,30,35)(H,31,36)(H,32,34)(H3,27,29,37)/t21-,23-/m0/s1. The Hall–Kier alpha value is -3.67. The number of esters is 1. The number of nitrogens with two attached hydrogens (primary N) is 1. The van der Waals surface area contributed by atoms with E-state index >= 15 is 0 Å². The minimum Gasteiger partial charge on any atom is -0.461 e. The predicted octanol–water partition coefficient (Wildman–Crippen LogP) is 1.15. The molecule has 12 heteroatoms. The van der Waals surface area contributed by atoms with E-state index in [1.165, 1.54) is 6.92 Å². The number of hydrogen-bond donors (Lipinski definition) is 6. The predicted molar refractivity (Wildman–Crippen MR) is 144 cm³/mol. The quantitative estimate of drug-likeness (QED) is 0.128. The lowest BCUT2D eigenvalue weighted by atomic mass is 10.0. The van der Waals surface area contributed by atoms with Crippen molar-refractivity contribution < 1.29 is 28.7 Å². The number of anilines is 1. The van der Waals surface area contributed by atoms with Crippen LogP contribution in [0.1, 0.15) is 58.4 Å². The topological polar surface area (TPSA) is 181 Å². The summed E-state index contributed by atoms with van der Waals surface area (Å²) in [4.78, 5) is 60.6. The first kappa shape index (κ1) is 32.4. The van der Waals surface area contributed by atoms with E-state index in [0.29, 0.717) is 24.9 Å². The summed E-state index contributed by atoms with van der Waals surface area (Å²) in [5.74, 6) is -1.75. The van der Waals surface area contributed by atoms with E-state index < -0.39 is 35.9 Å². The van der Waals surface area contributed by atoms with Crippen LogP contribution >= 0.6 is 0 Å². The number of nitrogens with one attached hydrogen (secondary N) is 5. The van der Waals surface area contributed by atoms with Gasteiger partial charge in [0.2, 0.25) is 17.7 Å². The van der Waals surface area contributed by atoms with E-state index in [0.717, 1.165) is 18.5 Å². The molecular formula is C26H42N6O6. The molecule has 0 aliphatic carbocycles. The van der Waals surface area contributed by atoms with Gasteiger partial charge in [-0.3, -0.25) is 19.2 Å². The highest BCUT2D eigenvalue weighted by atomic mass is 16.5. The summed E-state index contributed by atoms with van der Waals surface area (Å²) in [5, 5.41) is 13.8. The molecule has 0 bridgehead atoms. The van der Waals surface area contributed by atoms with Crippen LogP contribution in [0, 0.1) is 5.92 Å². The minimum atomic E-state index is -0.924. The second-order valence-electron chi connectivity index (χ2n) is 9.31. The maximum atomic E-state index is 13.1. The molecule has 0 saturated heterocycles. The molecule has 7 N–H and O–H groups in total. The Bertz CT molecular complexity index is 921. The van der Waals surface area contributed by atoms with Crippen LogP contribution in [-0.4, -0.2) is 61.9 Å². The van der Waals surface area contributed by atoms with E-state index in [9.17, 15) is 24.0 Å². The monoisotopic (exact) mass is 534 g/mol. The number of benzene rings is 1. The van der Waals surface area contributed by atoms with Crippen LogP contribution < -0.4 is 32.3 Å². The third kappa shape index (κ3) is 13.6. The second kappa shape index (κ2) is 17.7. The highest BCUT2D eigenvalue weighted by Gasteiger charge is 2.28. The summed E-state index contributed by atoms with van der Waals surface area (Å²) in [6, 6.07) is 4.33. The van der Waals surface area contributed by atoms with Crippen molar-refractivity contribution in [2.75, 3.05) is 25.5 Å². The smallest absolute Gasteiger partial charge is 0.312 e. The van der Waals surface area contributed by atoms with Crippen molar-refractivity contribution in [2.45, 2.75) is 71.6 Å². The van der Waals surface area contributed by atoms with Crippen molar-refractivity contribution in [1.82, 2.24) is 21.3 Å². The van der Waals surface area contributed by atoms with Crippen LogP contribution in [0.3, 0.4) is 0 Å². The number of amides is 5. The highest BCUT2D eigenvalue weighted by molar-refractivity contribution is 5.98. The van der Waals surface area contributed by atoms with Crippen LogP contribution in [0.25, 0.3) is 0 Å². The zero-order valence-electron chi connectivity index (χ0n) is 22.7. The molecular weight excluding hydrogens is 492 g/mol. The third-order valence-electron chi connectivity index (χ3n) is 5.61. The summed E-state index contributed by atoms with van der Waals surface area (Å²) < 4.78 is 4.96. The molecule has 12 nitrogen and oxygen atoms in total. The number of carbonyl (C=O) groups is 5. The van der Waals surface area contributed by atoms with Gasteiger partial charge >= 0.3 is 12.0 Å². The first-order valence-electron chi connectivity index (χ1n) is 12.8. The average molecular weight is 535 g/mol. The zero-order chi connectivity index (χ0) is 28.5. The number of primary amides is 1. The summed E-state index contributed by atoms with van der Waals surface area (Å²) in [6.07, 6.45) is 2.44. The fourth-order valence-corrected chi connectivity index (χ4v) is 3.51. The van der Waals surface area contributed by atoms with Crippen LogP contribution in [0.4, 0.5) is 10.5 Å². The van der Waals surface area contributed by atoms with Gasteiger partial charge in [0, 0.05) is 25.6 Å². The molecule has 0 heterocycles. The zero-order valence-corrected chi connectivity index (χ0v) is 22.7. The van der Waals surface area contributed by atoms with Crippen molar-refractivity contribution in [3.8, 4) is 0 Å². The number of rotatable bonds is 17. The summed E-state index contributed by atoms with van der Waals surface area (Å²) >= 11 is 0. The number of carbonyl (C=O) groups excluding carboxylic acids is 5. The van der Waals surface area contributed by atoms with Crippen LogP contribution in [-0.2, 0) is 30.5 Å². The van der Waals surface area contributed by atoms with Gasteiger partial charge in [-0.25, -0.2) is 4.79 Å². The molecule has 5 amide bonds. The number of ether oxygens (including phenoxy) is 1. The maximum absolute atomic E-state index is 13.1. The Balaban J connectivity index is 2.86. The Morgan fingerprint density at radius 1 is 0.921 bits per heavy atom. The molecule has 0 aliphatic rings. The molecule has 1 rings (SSSR count). The lowest BCUT2D eigenvalue weighted by molar-refractivity contribution is -0.142. The van der Waals surface area contributed by atoms with Gasteiger partial charge in [-0.1, -0.05) is 26.0 Å². The minimum absolute atomic E-state index is 0.118. The Morgan fingerprint density at radius 2 is 1.61 bits per heavy atom. The Kier molecular flexibility index (Phi) is 15.1.